The van der Waals surface area contributed by atoms with Gasteiger partial charge in [-0.15, -0.1) is 0 Å². The molecule has 0 rings (SSSR count). The van der Waals surface area contributed by atoms with Crippen LogP contribution in [-0.2, 0) is 0 Å². The third-order valence-corrected chi connectivity index (χ3v) is 0.941. The van der Waals surface area contributed by atoms with Crippen molar-refractivity contribution in [2.75, 3.05) is 0 Å². The Morgan fingerprint density at radius 2 is 1.25 bits per heavy atom. The van der Waals surface area contributed by atoms with Gasteiger partial charge in [0.2, 0.25) is 0 Å². The highest BCUT2D eigenvalue weighted by molar-refractivity contribution is 6.64. The largest absolute Gasteiger partial charge is 0.452 e. The lowest BCUT2D eigenvalue weighted by Gasteiger charge is -2.05. The van der Waals surface area contributed by atoms with Gasteiger partial charge in [-0.05, 0) is 0 Å². The van der Waals surface area contributed by atoms with Gasteiger partial charge in [0.05, 0.1) is 0 Å². The minimum absolute atomic E-state index is 0.907. The number of rotatable bonds is 2. The lowest BCUT2D eigenvalue weighted by Crippen LogP contribution is -2.31. The van der Waals surface area contributed by atoms with Gasteiger partial charge in [-0.2, -0.15) is 0 Å². The average Bonchev–Trinajstić information content (AvgIpc) is 1.64. The maximum Gasteiger partial charge on any atom is 0.452 e. The van der Waals surface area contributed by atoms with Crippen molar-refractivity contribution in [2.24, 2.45) is 0 Å². The summed E-state index contributed by atoms with van der Waals surface area (Å²) in [6, 6.07) is 0. The van der Waals surface area contributed by atoms with Gasteiger partial charge in [0.1, 0.15) is 0 Å². The van der Waals surface area contributed by atoms with Gasteiger partial charge in [0.15, 0.2) is 0 Å². The van der Waals surface area contributed by atoms with E-state index >= 15 is 0 Å². The highest BCUT2D eigenvalue weighted by Crippen LogP contribution is 2.04. The second-order valence-electron chi connectivity index (χ2n) is 1.69. The van der Waals surface area contributed by atoms with E-state index in [1.165, 1.54) is 6.92 Å². The molecule has 6 heteroatoms. The zero-order valence-electron chi connectivity index (χ0n) is 4.52. The molecular formula is C2H8B2O4. The molecule has 0 saturated heterocycles. The fourth-order valence-electron chi connectivity index (χ4n) is 0.154. The molecule has 0 spiro atoms. The molecule has 0 aliphatic carbocycles. The van der Waals surface area contributed by atoms with Crippen LogP contribution in [0.25, 0.3) is 0 Å². The zero-order valence-corrected chi connectivity index (χ0v) is 4.52. The Balaban J connectivity index is 3.46. The standard InChI is InChI=1S/C2H8B2O4/c1-2(3(5)6)4(7)8/h2,5-8H,1H3. The first kappa shape index (κ1) is 7.97. The van der Waals surface area contributed by atoms with E-state index in [9.17, 15) is 0 Å². The van der Waals surface area contributed by atoms with Crippen molar-refractivity contribution in [2.45, 2.75) is 12.6 Å². The first-order chi connectivity index (χ1) is 3.55. The van der Waals surface area contributed by atoms with Crippen molar-refractivity contribution >= 4 is 14.2 Å². The van der Waals surface area contributed by atoms with E-state index in [-0.39, 0.29) is 0 Å². The molecule has 8 heavy (non-hydrogen) atoms. The summed E-state index contributed by atoms with van der Waals surface area (Å²) in [5.41, 5.74) is -0.907. The molecule has 0 amide bonds. The molecule has 46 valence electrons. The van der Waals surface area contributed by atoms with Crippen molar-refractivity contribution < 1.29 is 20.1 Å². The Bertz CT molecular complexity index is 57.1. The predicted octanol–water partition coefficient (Wildman–Crippen LogP) is -2.14. The molecule has 0 radical (unpaired) electrons. The lowest BCUT2D eigenvalue weighted by atomic mass is 9.54. The highest BCUT2D eigenvalue weighted by atomic mass is 16.4. The van der Waals surface area contributed by atoms with Gasteiger partial charge in [-0.1, -0.05) is 6.92 Å². The SMILES string of the molecule is CC(B(O)O)B(O)O. The van der Waals surface area contributed by atoms with Gasteiger partial charge in [0, 0.05) is 5.72 Å². The van der Waals surface area contributed by atoms with Crippen molar-refractivity contribution in [3.63, 3.8) is 0 Å². The minimum Gasteiger partial charge on any atom is -0.427 e. The van der Waals surface area contributed by atoms with E-state index in [2.05, 4.69) is 0 Å². The van der Waals surface area contributed by atoms with E-state index in [1.807, 2.05) is 0 Å². The summed E-state index contributed by atoms with van der Waals surface area (Å²) >= 11 is 0. The number of hydrogen-bond acceptors (Lipinski definition) is 4. The van der Waals surface area contributed by atoms with E-state index in [0.717, 1.165) is 0 Å². The van der Waals surface area contributed by atoms with Gasteiger partial charge in [0.25, 0.3) is 0 Å². The Morgan fingerprint density at radius 1 is 1.00 bits per heavy atom. The van der Waals surface area contributed by atoms with Crippen molar-refractivity contribution in [1.29, 1.82) is 0 Å². The van der Waals surface area contributed by atoms with Gasteiger partial charge in [-0.25, -0.2) is 0 Å². The summed E-state index contributed by atoms with van der Waals surface area (Å²) in [6.07, 6.45) is 0. The van der Waals surface area contributed by atoms with Crippen LogP contribution in [-0.4, -0.2) is 34.3 Å². The first-order valence-electron chi connectivity index (χ1n) is 2.28. The van der Waals surface area contributed by atoms with Crippen LogP contribution in [0.5, 0.6) is 0 Å². The van der Waals surface area contributed by atoms with Crippen LogP contribution < -0.4 is 0 Å². The average molecular weight is 118 g/mol. The fraction of sp³-hybridized carbons (Fsp3) is 1.00. The molecule has 0 bridgehead atoms. The van der Waals surface area contributed by atoms with Crippen LogP contribution >= 0.6 is 0 Å². The van der Waals surface area contributed by atoms with Crippen molar-refractivity contribution in [1.82, 2.24) is 0 Å². The lowest BCUT2D eigenvalue weighted by molar-refractivity contribution is 0.363. The van der Waals surface area contributed by atoms with Crippen LogP contribution in [0.15, 0.2) is 0 Å². The topological polar surface area (TPSA) is 80.9 Å². The van der Waals surface area contributed by atoms with Crippen molar-refractivity contribution in [3.05, 3.63) is 0 Å². The summed E-state index contributed by atoms with van der Waals surface area (Å²) in [6.45, 7) is 1.31. The Kier molecular flexibility index (Phi) is 3.08. The molecule has 0 saturated carbocycles. The molecule has 0 aliphatic rings. The zero-order chi connectivity index (χ0) is 6.73. The third kappa shape index (κ3) is 2.32. The number of hydrogen-bond donors (Lipinski definition) is 4. The molecule has 0 heterocycles. The van der Waals surface area contributed by atoms with E-state index < -0.39 is 20.0 Å². The smallest absolute Gasteiger partial charge is 0.427 e. The van der Waals surface area contributed by atoms with E-state index in [0.29, 0.717) is 0 Å². The van der Waals surface area contributed by atoms with Gasteiger partial charge in [-0.3, -0.25) is 0 Å². The summed E-state index contributed by atoms with van der Waals surface area (Å²) in [5, 5.41) is 32.9. The van der Waals surface area contributed by atoms with Crippen LogP contribution in [0.3, 0.4) is 0 Å². The molecule has 0 aromatic carbocycles. The quantitative estimate of drug-likeness (QED) is 0.312. The van der Waals surface area contributed by atoms with Crippen LogP contribution in [0.4, 0.5) is 0 Å². The molecule has 4 N–H and O–H groups in total. The molecule has 0 fully saturated rings. The van der Waals surface area contributed by atoms with Gasteiger partial charge >= 0.3 is 14.2 Å². The van der Waals surface area contributed by atoms with Gasteiger partial charge < -0.3 is 20.1 Å². The second kappa shape index (κ2) is 3.09. The Morgan fingerprint density at radius 3 is 1.25 bits per heavy atom. The van der Waals surface area contributed by atoms with E-state index in [4.69, 9.17) is 20.1 Å². The van der Waals surface area contributed by atoms with Crippen LogP contribution in [0.2, 0.25) is 5.72 Å². The maximum atomic E-state index is 8.23. The third-order valence-electron chi connectivity index (χ3n) is 0.941. The maximum absolute atomic E-state index is 8.23. The van der Waals surface area contributed by atoms with Crippen LogP contribution in [0.1, 0.15) is 6.92 Å². The molecular weight excluding hydrogens is 110 g/mol. The van der Waals surface area contributed by atoms with Crippen molar-refractivity contribution in [3.8, 4) is 0 Å². The Labute approximate surface area is 48.1 Å². The monoisotopic (exact) mass is 118 g/mol. The summed E-state index contributed by atoms with van der Waals surface area (Å²) < 4.78 is 0. The predicted molar refractivity (Wildman–Crippen MR) is 29.8 cm³/mol. The normalized spacial score (nSPS) is 9.75. The van der Waals surface area contributed by atoms with Crippen LogP contribution in [0, 0.1) is 0 Å². The summed E-state index contributed by atoms with van der Waals surface area (Å²) in [5.74, 6) is 0. The Hall–Kier alpha value is -0.0301. The molecule has 4 nitrogen and oxygen atoms in total. The molecule has 0 aromatic heterocycles. The van der Waals surface area contributed by atoms with E-state index in [1.54, 1.807) is 0 Å². The molecule has 0 atom stereocenters. The highest BCUT2D eigenvalue weighted by Gasteiger charge is 2.29. The molecule has 0 aromatic rings. The fourth-order valence-corrected chi connectivity index (χ4v) is 0.154. The summed E-state index contributed by atoms with van der Waals surface area (Å²) in [7, 11) is -3.31. The molecule has 0 aliphatic heterocycles. The minimum atomic E-state index is -1.66. The second-order valence-corrected chi connectivity index (χ2v) is 1.69. The first-order valence-corrected chi connectivity index (χ1v) is 2.28. The summed E-state index contributed by atoms with van der Waals surface area (Å²) in [4.78, 5) is 0. The molecule has 0 unspecified atom stereocenters.